The van der Waals surface area contributed by atoms with Gasteiger partial charge in [-0.2, -0.15) is 0 Å². The molecule has 0 saturated heterocycles. The summed E-state index contributed by atoms with van der Waals surface area (Å²) in [4.78, 5) is 0. The maximum absolute atomic E-state index is 10.3. The second kappa shape index (κ2) is 8.18. The summed E-state index contributed by atoms with van der Waals surface area (Å²) in [7, 11) is 2.03. The molecule has 1 unspecified atom stereocenters. The minimum absolute atomic E-state index is 0. The number of halogens is 2. The first kappa shape index (κ1) is 19.0. The van der Waals surface area contributed by atoms with Gasteiger partial charge in [0.25, 0.3) is 5.82 Å². The van der Waals surface area contributed by atoms with E-state index >= 15 is 0 Å². The van der Waals surface area contributed by atoms with Crippen LogP contribution in [0.2, 0.25) is 5.02 Å². The molecule has 3 rings (SSSR count). The van der Waals surface area contributed by atoms with Gasteiger partial charge < -0.3 is 33.8 Å². The third-order valence-corrected chi connectivity index (χ3v) is 4.28. The summed E-state index contributed by atoms with van der Waals surface area (Å²) in [6, 6.07) is 15.4. The summed E-state index contributed by atoms with van der Waals surface area (Å²) < 4.78 is 9.86. The van der Waals surface area contributed by atoms with Crippen LogP contribution in [0.5, 0.6) is 5.75 Å². The molecule has 0 radical (unpaired) electrons. The normalized spacial score (nSPS) is 12.0. The van der Waals surface area contributed by atoms with Gasteiger partial charge in [-0.05, 0) is 30.3 Å². The third kappa shape index (κ3) is 4.02. The topological polar surface area (TPSA) is 38.3 Å². The summed E-state index contributed by atoms with van der Waals surface area (Å²) in [5.74, 6) is 1.75. The van der Waals surface area contributed by atoms with Crippen LogP contribution in [0, 0.1) is 6.92 Å². The van der Waals surface area contributed by atoms with Crippen molar-refractivity contribution in [2.24, 2.45) is 7.05 Å². The molecule has 6 heteroatoms. The van der Waals surface area contributed by atoms with Crippen LogP contribution >= 0.6 is 11.6 Å². The molecule has 0 aliphatic carbocycles. The van der Waals surface area contributed by atoms with Crippen molar-refractivity contribution < 1.29 is 38.4 Å². The number of aromatic nitrogens is 2. The zero-order valence-electron chi connectivity index (χ0n) is 13.6. The molecule has 1 heterocycles. The number of para-hydroxylation sites is 2. The summed E-state index contributed by atoms with van der Waals surface area (Å²) >= 11 is 5.93. The predicted molar refractivity (Wildman–Crippen MR) is 90.8 cm³/mol. The molecular formula is C18H20ClIN2O2. The van der Waals surface area contributed by atoms with Crippen molar-refractivity contribution in [3.63, 3.8) is 0 Å². The van der Waals surface area contributed by atoms with Crippen LogP contribution in [0.15, 0.2) is 48.5 Å². The Morgan fingerprint density at radius 3 is 2.71 bits per heavy atom. The van der Waals surface area contributed by atoms with Gasteiger partial charge in [0.05, 0.1) is 7.05 Å². The fraction of sp³-hybridized carbons (Fsp3) is 0.278. The van der Waals surface area contributed by atoms with E-state index in [9.17, 15) is 5.11 Å². The molecule has 0 aliphatic rings. The molecule has 0 aliphatic heterocycles. The molecule has 0 amide bonds. The van der Waals surface area contributed by atoms with E-state index in [0.717, 1.165) is 16.9 Å². The van der Waals surface area contributed by atoms with Gasteiger partial charge in [0.15, 0.2) is 11.0 Å². The molecule has 1 N–H and O–H groups in total. The van der Waals surface area contributed by atoms with Crippen LogP contribution in [0.25, 0.3) is 11.0 Å². The van der Waals surface area contributed by atoms with Crippen molar-refractivity contribution in [1.82, 2.24) is 4.57 Å². The quantitative estimate of drug-likeness (QED) is 0.427. The summed E-state index contributed by atoms with van der Waals surface area (Å²) in [5.41, 5.74) is 2.25. The van der Waals surface area contributed by atoms with Crippen LogP contribution in [0.1, 0.15) is 5.82 Å². The Balaban J connectivity index is 0.00000208. The van der Waals surface area contributed by atoms with Crippen LogP contribution in [-0.4, -0.2) is 22.4 Å². The van der Waals surface area contributed by atoms with Crippen molar-refractivity contribution in [1.29, 1.82) is 0 Å². The Morgan fingerprint density at radius 1 is 1.21 bits per heavy atom. The molecule has 4 nitrogen and oxygen atoms in total. The van der Waals surface area contributed by atoms with Crippen LogP contribution in [0.4, 0.5) is 0 Å². The lowest BCUT2D eigenvalue weighted by Crippen LogP contribution is -3.00. The second-order valence-corrected chi connectivity index (χ2v) is 6.06. The number of hydrogen-bond acceptors (Lipinski definition) is 2. The molecule has 128 valence electrons. The highest BCUT2D eigenvalue weighted by atomic mass is 127. The van der Waals surface area contributed by atoms with Gasteiger partial charge in [-0.15, -0.1) is 0 Å². The van der Waals surface area contributed by atoms with Crippen LogP contribution in [-0.2, 0) is 13.6 Å². The first-order valence-corrected chi connectivity index (χ1v) is 7.94. The third-order valence-electron chi connectivity index (χ3n) is 4.04. The van der Waals surface area contributed by atoms with E-state index in [4.69, 9.17) is 16.3 Å². The van der Waals surface area contributed by atoms with E-state index in [2.05, 4.69) is 21.3 Å². The molecular weight excluding hydrogens is 439 g/mol. The van der Waals surface area contributed by atoms with Crippen molar-refractivity contribution in [3.05, 3.63) is 59.4 Å². The Bertz CT molecular complexity index is 835. The zero-order chi connectivity index (χ0) is 16.4. The molecule has 0 spiro atoms. The van der Waals surface area contributed by atoms with Crippen LogP contribution < -0.4 is 33.3 Å². The first-order valence-electron chi connectivity index (χ1n) is 7.56. The number of nitrogens with zero attached hydrogens (tertiary/aromatic N) is 2. The number of aliphatic hydroxyl groups is 1. The fourth-order valence-corrected chi connectivity index (χ4v) is 2.93. The Hall–Kier alpha value is -1.31. The minimum atomic E-state index is -0.608. The molecule has 24 heavy (non-hydrogen) atoms. The lowest BCUT2D eigenvalue weighted by atomic mass is 10.3. The van der Waals surface area contributed by atoms with Gasteiger partial charge in [0, 0.05) is 11.9 Å². The van der Waals surface area contributed by atoms with E-state index in [-0.39, 0.29) is 30.6 Å². The average molecular weight is 459 g/mol. The van der Waals surface area contributed by atoms with Gasteiger partial charge in [0.1, 0.15) is 25.0 Å². The van der Waals surface area contributed by atoms with Crippen molar-refractivity contribution >= 4 is 22.6 Å². The van der Waals surface area contributed by atoms with Gasteiger partial charge in [-0.3, -0.25) is 0 Å². The summed E-state index contributed by atoms with van der Waals surface area (Å²) in [5, 5.41) is 11.0. The van der Waals surface area contributed by atoms with Crippen LogP contribution in [0.3, 0.4) is 0 Å². The fourth-order valence-electron chi connectivity index (χ4n) is 2.75. The van der Waals surface area contributed by atoms with E-state index in [0.29, 0.717) is 17.3 Å². The predicted octanol–water partition coefficient (Wildman–Crippen LogP) is -0.128. The number of benzene rings is 2. The zero-order valence-corrected chi connectivity index (χ0v) is 16.5. The summed E-state index contributed by atoms with van der Waals surface area (Å²) in [6.07, 6.45) is -0.608. The number of hydrogen-bond donors (Lipinski definition) is 1. The molecule has 0 fully saturated rings. The van der Waals surface area contributed by atoms with E-state index in [1.807, 2.05) is 38.2 Å². The maximum Gasteiger partial charge on any atom is 0.254 e. The van der Waals surface area contributed by atoms with Crippen molar-refractivity contribution in [3.8, 4) is 5.75 Å². The smallest absolute Gasteiger partial charge is 0.254 e. The van der Waals surface area contributed by atoms with Gasteiger partial charge in [-0.25, -0.2) is 9.13 Å². The average Bonchev–Trinajstić information content (AvgIpc) is 2.79. The highest BCUT2D eigenvalue weighted by molar-refractivity contribution is 6.30. The Labute approximate surface area is 163 Å². The lowest BCUT2D eigenvalue weighted by Gasteiger charge is -2.11. The monoisotopic (exact) mass is 458 g/mol. The number of aryl methyl sites for hydroxylation is 1. The van der Waals surface area contributed by atoms with Gasteiger partial charge in [-0.1, -0.05) is 29.8 Å². The molecule has 0 saturated carbocycles. The summed E-state index contributed by atoms with van der Waals surface area (Å²) in [6.45, 7) is 2.74. The highest BCUT2D eigenvalue weighted by Crippen LogP contribution is 2.18. The minimum Gasteiger partial charge on any atom is -1.00 e. The second-order valence-electron chi connectivity index (χ2n) is 5.63. The van der Waals surface area contributed by atoms with Gasteiger partial charge >= 0.3 is 0 Å². The Morgan fingerprint density at radius 2 is 1.96 bits per heavy atom. The maximum atomic E-state index is 10.3. The number of imidazole rings is 1. The molecule has 3 aromatic rings. The van der Waals surface area contributed by atoms with E-state index < -0.39 is 6.10 Å². The first-order chi connectivity index (χ1) is 11.1. The Kier molecular flexibility index (Phi) is 6.48. The molecule has 1 atom stereocenters. The number of rotatable bonds is 5. The van der Waals surface area contributed by atoms with E-state index in [1.54, 1.807) is 12.1 Å². The molecule has 2 aromatic carbocycles. The SMILES string of the molecule is Cc1n(CC(O)COc2cccc(Cl)c2)c2ccccc2[n+]1C.[I-]. The largest absolute Gasteiger partial charge is 1.00 e. The molecule has 1 aromatic heterocycles. The highest BCUT2D eigenvalue weighted by Gasteiger charge is 2.21. The standard InChI is InChI=1S/C18H20ClN2O2.HI/c1-13-20(2)17-8-3-4-9-18(17)21(13)11-15(22)12-23-16-7-5-6-14(19)10-16;/h3-10,15,22H,11-12H2,1-2H3;1H/q+1;/p-1. The number of fused-ring (bicyclic) bond motifs is 1. The number of ether oxygens (including phenoxy) is 1. The van der Waals surface area contributed by atoms with Gasteiger partial charge in [0.2, 0.25) is 0 Å². The van der Waals surface area contributed by atoms with Crippen molar-refractivity contribution in [2.75, 3.05) is 6.61 Å². The van der Waals surface area contributed by atoms with E-state index in [1.165, 1.54) is 0 Å². The number of aliphatic hydroxyl groups excluding tert-OH is 1. The van der Waals surface area contributed by atoms with Crippen molar-refractivity contribution in [2.45, 2.75) is 19.6 Å². The lowest BCUT2D eigenvalue weighted by molar-refractivity contribution is -0.652. The molecule has 0 bridgehead atoms.